The Morgan fingerprint density at radius 1 is 1.17 bits per heavy atom. The lowest BCUT2D eigenvalue weighted by molar-refractivity contribution is 0.252. The molecule has 2 heterocycles. The summed E-state index contributed by atoms with van der Waals surface area (Å²) in [4.78, 5) is 14.5. The fraction of sp³-hybridized carbons (Fsp3) is 0.176. The molecule has 23 heavy (non-hydrogen) atoms. The van der Waals surface area contributed by atoms with Gasteiger partial charge in [0.1, 0.15) is 11.4 Å². The van der Waals surface area contributed by atoms with E-state index >= 15 is 0 Å². The smallest absolute Gasteiger partial charge is 0.319 e. The van der Waals surface area contributed by atoms with Gasteiger partial charge in [-0.2, -0.15) is 0 Å². The van der Waals surface area contributed by atoms with E-state index in [2.05, 4.69) is 15.8 Å². The number of nitrogens with one attached hydrogen (secondary N) is 2. The predicted molar refractivity (Wildman–Crippen MR) is 91.6 cm³/mol. The van der Waals surface area contributed by atoms with E-state index in [4.69, 9.17) is 4.52 Å². The molecule has 1 aromatic carbocycles. The van der Waals surface area contributed by atoms with Crippen LogP contribution in [0.4, 0.5) is 10.5 Å². The van der Waals surface area contributed by atoms with Crippen molar-refractivity contribution in [2.75, 3.05) is 5.32 Å². The summed E-state index contributed by atoms with van der Waals surface area (Å²) in [6.45, 7) is 4.34. The Bertz CT molecular complexity index is 808. The summed E-state index contributed by atoms with van der Waals surface area (Å²) in [5, 5.41) is 9.63. The summed E-state index contributed by atoms with van der Waals surface area (Å²) in [7, 11) is 0. The molecule has 6 heteroatoms. The summed E-state index contributed by atoms with van der Waals surface area (Å²) in [6, 6.07) is 13.4. The Hall–Kier alpha value is -2.60. The van der Waals surface area contributed by atoms with Crippen molar-refractivity contribution in [3.05, 3.63) is 57.9 Å². The fourth-order valence-corrected chi connectivity index (χ4v) is 3.04. The highest BCUT2D eigenvalue weighted by Crippen LogP contribution is 2.30. The average Bonchev–Trinajstić information content (AvgIpc) is 3.13. The number of nitrogens with zero attached hydrogens (tertiary/aromatic N) is 1. The molecule has 0 atom stereocenters. The third-order valence-corrected chi connectivity index (χ3v) is 4.36. The molecule has 0 unspecified atom stereocenters. The molecule has 3 aromatic rings. The summed E-state index contributed by atoms with van der Waals surface area (Å²) in [5.74, 6) is 0.560. The summed E-state index contributed by atoms with van der Waals surface area (Å²) < 4.78 is 5.36. The van der Waals surface area contributed by atoms with Crippen LogP contribution in [-0.4, -0.2) is 11.2 Å². The van der Waals surface area contributed by atoms with Crippen LogP contribution in [0.15, 0.2) is 47.0 Å². The van der Waals surface area contributed by atoms with Gasteiger partial charge in [0.2, 0.25) is 0 Å². The van der Waals surface area contributed by atoms with Crippen molar-refractivity contribution in [1.82, 2.24) is 10.5 Å². The molecule has 0 radical (unpaired) electrons. The lowest BCUT2D eigenvalue weighted by Gasteiger charge is -2.07. The Morgan fingerprint density at radius 2 is 1.96 bits per heavy atom. The predicted octanol–water partition coefficient (Wildman–Crippen LogP) is 4.34. The zero-order valence-corrected chi connectivity index (χ0v) is 13.7. The molecule has 2 N–H and O–H groups in total. The molecule has 2 amide bonds. The molecule has 2 aromatic heterocycles. The highest BCUT2D eigenvalue weighted by molar-refractivity contribution is 7.11. The van der Waals surface area contributed by atoms with Crippen molar-refractivity contribution >= 4 is 23.1 Å². The fourth-order valence-electron chi connectivity index (χ4n) is 2.21. The van der Waals surface area contributed by atoms with E-state index in [0.717, 1.165) is 10.4 Å². The topological polar surface area (TPSA) is 67.2 Å². The Kier molecular flexibility index (Phi) is 4.43. The number of thiophene rings is 1. The van der Waals surface area contributed by atoms with Gasteiger partial charge in [-0.15, -0.1) is 11.3 Å². The van der Waals surface area contributed by atoms with Gasteiger partial charge in [0, 0.05) is 15.3 Å². The molecule has 0 spiro atoms. The van der Waals surface area contributed by atoms with Crippen molar-refractivity contribution in [2.24, 2.45) is 0 Å². The van der Waals surface area contributed by atoms with Crippen molar-refractivity contribution in [3.8, 4) is 11.3 Å². The average molecular weight is 327 g/mol. The Morgan fingerprint density at radius 3 is 2.65 bits per heavy atom. The van der Waals surface area contributed by atoms with Crippen molar-refractivity contribution in [3.63, 3.8) is 0 Å². The van der Waals surface area contributed by atoms with Crippen LogP contribution in [0.2, 0.25) is 0 Å². The normalized spacial score (nSPS) is 10.5. The van der Waals surface area contributed by atoms with E-state index in [0.29, 0.717) is 23.7 Å². The molecule has 0 aliphatic carbocycles. The molecule has 0 aliphatic rings. The van der Waals surface area contributed by atoms with E-state index in [1.165, 1.54) is 4.88 Å². The lowest BCUT2D eigenvalue weighted by Crippen LogP contribution is -2.28. The second kappa shape index (κ2) is 6.66. The third kappa shape index (κ3) is 3.60. The molecule has 118 valence electrons. The monoisotopic (exact) mass is 327 g/mol. The molecule has 0 bridgehead atoms. The van der Waals surface area contributed by atoms with Gasteiger partial charge in [-0.05, 0) is 26.0 Å². The summed E-state index contributed by atoms with van der Waals surface area (Å²) in [6.07, 6.45) is 0. The first-order valence-electron chi connectivity index (χ1n) is 7.25. The number of benzene rings is 1. The van der Waals surface area contributed by atoms with Gasteiger partial charge in [0.05, 0.1) is 6.54 Å². The number of hydrogen-bond acceptors (Lipinski definition) is 4. The van der Waals surface area contributed by atoms with Gasteiger partial charge >= 0.3 is 6.03 Å². The van der Waals surface area contributed by atoms with Crippen LogP contribution in [0.25, 0.3) is 11.3 Å². The summed E-state index contributed by atoms with van der Waals surface area (Å²) >= 11 is 1.67. The number of anilines is 1. The standard InChI is InChI=1S/C17H17N3O2S/c1-11-8-9-14(23-11)10-18-17(21)19-15-12(2)20-22-16(15)13-6-4-3-5-7-13/h3-9H,10H2,1-2H3,(H2,18,19,21). The number of rotatable bonds is 4. The van der Waals surface area contributed by atoms with E-state index in [1.807, 2.05) is 49.4 Å². The number of aromatic nitrogens is 1. The molecular weight excluding hydrogens is 310 g/mol. The number of amides is 2. The second-order valence-electron chi connectivity index (χ2n) is 5.16. The van der Waals surface area contributed by atoms with Gasteiger partial charge in [-0.1, -0.05) is 35.5 Å². The van der Waals surface area contributed by atoms with Crippen molar-refractivity contribution in [2.45, 2.75) is 20.4 Å². The van der Waals surface area contributed by atoms with Gasteiger partial charge in [0.15, 0.2) is 5.76 Å². The Labute approximate surface area is 138 Å². The minimum absolute atomic E-state index is 0.278. The molecule has 0 fully saturated rings. The van der Waals surface area contributed by atoms with Crippen molar-refractivity contribution < 1.29 is 9.32 Å². The second-order valence-corrected chi connectivity index (χ2v) is 6.53. The maximum atomic E-state index is 12.1. The zero-order valence-electron chi connectivity index (χ0n) is 12.9. The maximum Gasteiger partial charge on any atom is 0.319 e. The molecule has 5 nitrogen and oxygen atoms in total. The number of carbonyl (C=O) groups excluding carboxylic acids is 1. The zero-order chi connectivity index (χ0) is 16.2. The van der Waals surface area contributed by atoms with E-state index in [1.54, 1.807) is 18.3 Å². The minimum atomic E-state index is -0.278. The maximum absolute atomic E-state index is 12.1. The van der Waals surface area contributed by atoms with Gasteiger partial charge < -0.3 is 15.2 Å². The van der Waals surface area contributed by atoms with Crippen LogP contribution in [0, 0.1) is 13.8 Å². The summed E-state index contributed by atoms with van der Waals surface area (Å²) in [5.41, 5.74) is 2.11. The molecule has 3 rings (SSSR count). The largest absolute Gasteiger partial charge is 0.354 e. The highest BCUT2D eigenvalue weighted by Gasteiger charge is 2.17. The van der Waals surface area contributed by atoms with E-state index in [9.17, 15) is 4.79 Å². The lowest BCUT2D eigenvalue weighted by atomic mass is 10.1. The first-order chi connectivity index (χ1) is 11.1. The van der Waals surface area contributed by atoms with Crippen LogP contribution >= 0.6 is 11.3 Å². The van der Waals surface area contributed by atoms with E-state index in [-0.39, 0.29) is 6.03 Å². The number of urea groups is 1. The van der Waals surface area contributed by atoms with Gasteiger partial charge in [-0.25, -0.2) is 4.79 Å². The third-order valence-electron chi connectivity index (χ3n) is 3.36. The first-order valence-corrected chi connectivity index (χ1v) is 8.07. The SMILES string of the molecule is Cc1ccc(CNC(=O)Nc2c(C)noc2-c2ccccc2)s1. The number of aryl methyl sites for hydroxylation is 2. The van der Waals surface area contributed by atoms with Gasteiger partial charge in [0.25, 0.3) is 0 Å². The molecule has 0 saturated heterocycles. The van der Waals surface area contributed by atoms with Crippen LogP contribution in [-0.2, 0) is 6.54 Å². The minimum Gasteiger partial charge on any atom is -0.354 e. The number of hydrogen-bond donors (Lipinski definition) is 2. The molecular formula is C17H17N3O2S. The number of carbonyl (C=O) groups is 1. The highest BCUT2D eigenvalue weighted by atomic mass is 32.1. The Balaban J connectivity index is 1.70. The molecule has 0 aliphatic heterocycles. The van der Waals surface area contributed by atoms with E-state index < -0.39 is 0 Å². The van der Waals surface area contributed by atoms with Crippen LogP contribution in [0.3, 0.4) is 0 Å². The van der Waals surface area contributed by atoms with Crippen LogP contribution in [0.5, 0.6) is 0 Å². The van der Waals surface area contributed by atoms with Crippen LogP contribution < -0.4 is 10.6 Å². The van der Waals surface area contributed by atoms with Crippen LogP contribution in [0.1, 0.15) is 15.4 Å². The van der Waals surface area contributed by atoms with Gasteiger partial charge in [-0.3, -0.25) is 0 Å². The molecule has 0 saturated carbocycles. The van der Waals surface area contributed by atoms with Crippen molar-refractivity contribution in [1.29, 1.82) is 0 Å². The first kappa shape index (κ1) is 15.3. The quantitative estimate of drug-likeness (QED) is 0.749.